The number of esters is 1. The predicted octanol–water partition coefficient (Wildman–Crippen LogP) is 5.16. The van der Waals surface area contributed by atoms with Gasteiger partial charge in [-0.2, -0.15) is 0 Å². The summed E-state index contributed by atoms with van der Waals surface area (Å²) in [5, 5.41) is 25.6. The minimum atomic E-state index is -1.05. The number of amides is 2. The van der Waals surface area contributed by atoms with Gasteiger partial charge < -0.3 is 19.0 Å². The third-order valence-corrected chi connectivity index (χ3v) is 10.0. The zero-order valence-electron chi connectivity index (χ0n) is 29.4. The summed E-state index contributed by atoms with van der Waals surface area (Å²) >= 11 is 0. The molecule has 6 heterocycles. The van der Waals surface area contributed by atoms with Crippen LogP contribution in [-0.4, -0.2) is 75.5 Å². The van der Waals surface area contributed by atoms with Crippen molar-refractivity contribution in [2.75, 3.05) is 16.9 Å². The second kappa shape index (κ2) is 13.4. The highest BCUT2D eigenvalue weighted by atomic mass is 16.5. The molecule has 0 atom stereocenters. The lowest BCUT2D eigenvalue weighted by Crippen LogP contribution is -2.24. The fourth-order valence-corrected chi connectivity index (χ4v) is 6.84. The van der Waals surface area contributed by atoms with Crippen LogP contribution in [0.5, 0.6) is 0 Å². The molecule has 16 nitrogen and oxygen atoms in total. The van der Waals surface area contributed by atoms with E-state index in [1.54, 1.807) is 58.9 Å². The minimum absolute atomic E-state index is 0.100. The quantitative estimate of drug-likeness (QED) is 0.202. The molecule has 4 aromatic heterocycles. The smallest absolute Gasteiger partial charge is 0.337 e. The second-order valence-corrected chi connectivity index (χ2v) is 13.7. The highest BCUT2D eigenvalue weighted by molar-refractivity contribution is 6.11. The zero-order chi connectivity index (χ0) is 37.8. The summed E-state index contributed by atoms with van der Waals surface area (Å²) in [5.41, 5.74) is 4.34. The van der Waals surface area contributed by atoms with E-state index in [4.69, 9.17) is 9.84 Å². The largest absolute Gasteiger partial charge is 0.478 e. The molecule has 55 heavy (non-hydrogen) atoms. The van der Waals surface area contributed by atoms with E-state index in [0.717, 1.165) is 36.8 Å². The SMILES string of the molecule is COC(=O)c1ccc2c(c1)C(=O)N(c1cccc(-c3nncn3C3CC3)n1)C2.O=C(O)c1ccc2c(c1)C(=O)N(c1cccc(-c3nncn3C3CC3)n1)C2. The number of carbonyl (C=O) groups is 4. The summed E-state index contributed by atoms with van der Waals surface area (Å²) in [5.74, 6) is 0.505. The van der Waals surface area contributed by atoms with Gasteiger partial charge in [0, 0.05) is 23.2 Å². The molecule has 2 aliphatic heterocycles. The van der Waals surface area contributed by atoms with E-state index in [-0.39, 0.29) is 17.4 Å². The van der Waals surface area contributed by atoms with E-state index < -0.39 is 11.9 Å². The van der Waals surface area contributed by atoms with Crippen molar-refractivity contribution in [1.82, 2.24) is 39.5 Å². The van der Waals surface area contributed by atoms with Gasteiger partial charge in [0.25, 0.3) is 11.8 Å². The molecule has 10 rings (SSSR count). The summed E-state index contributed by atoms with van der Waals surface area (Å²) in [6, 6.07) is 21.5. The molecule has 2 aliphatic carbocycles. The standard InChI is InChI=1S/C20H17N5O3.C19H15N5O3/c1-28-20(27)12-5-6-13-10-24(19(26)15(13)9-12)17-4-2-3-16(22-17)18-23-21-11-25(18)14-7-8-14;25-18-14-8-11(19(26)27)4-5-12(14)9-23(18)16-3-1-2-15(21-16)17-22-20-10-24(17)13-6-7-13/h2-6,9,11,14H,7-8,10H2,1H3;1-5,8,10,13H,6-7,9H2,(H,26,27). The number of nitrogens with zero attached hydrogens (tertiary/aromatic N) is 10. The Morgan fingerprint density at radius 2 is 1.15 bits per heavy atom. The maximum Gasteiger partial charge on any atom is 0.337 e. The number of aromatic carboxylic acids is 1. The molecule has 2 aromatic carbocycles. The number of methoxy groups -OCH3 is 1. The van der Waals surface area contributed by atoms with Gasteiger partial charge in [-0.05, 0) is 85.3 Å². The first-order chi connectivity index (χ1) is 26.8. The molecule has 2 saturated carbocycles. The lowest BCUT2D eigenvalue weighted by Gasteiger charge is -2.15. The van der Waals surface area contributed by atoms with Gasteiger partial charge in [0.15, 0.2) is 11.6 Å². The first-order valence-electron chi connectivity index (χ1n) is 17.7. The third-order valence-electron chi connectivity index (χ3n) is 10.0. The van der Waals surface area contributed by atoms with Gasteiger partial charge in [0.05, 0.1) is 31.3 Å². The van der Waals surface area contributed by atoms with Crippen LogP contribution >= 0.6 is 0 Å². The Balaban J connectivity index is 0.000000144. The van der Waals surface area contributed by atoms with Crippen molar-refractivity contribution in [3.8, 4) is 23.0 Å². The Hall–Kier alpha value is -7.10. The van der Waals surface area contributed by atoms with E-state index in [1.165, 1.54) is 19.2 Å². The molecule has 1 N–H and O–H groups in total. The number of pyridine rings is 2. The lowest BCUT2D eigenvalue weighted by molar-refractivity contribution is 0.0599. The van der Waals surface area contributed by atoms with E-state index >= 15 is 0 Å². The minimum Gasteiger partial charge on any atom is -0.478 e. The summed E-state index contributed by atoms with van der Waals surface area (Å²) < 4.78 is 8.80. The third kappa shape index (κ3) is 6.26. The summed E-state index contributed by atoms with van der Waals surface area (Å²) in [7, 11) is 1.32. The van der Waals surface area contributed by atoms with Gasteiger partial charge in [0.2, 0.25) is 0 Å². The van der Waals surface area contributed by atoms with Crippen LogP contribution in [0.2, 0.25) is 0 Å². The number of carbonyl (C=O) groups excluding carboxylic acids is 3. The Morgan fingerprint density at radius 3 is 1.60 bits per heavy atom. The number of fused-ring (bicyclic) bond motifs is 2. The molecule has 2 amide bonds. The number of benzene rings is 2. The number of hydrogen-bond donors (Lipinski definition) is 1. The summed E-state index contributed by atoms with van der Waals surface area (Å²) in [4.78, 5) is 61.1. The van der Waals surface area contributed by atoms with Crippen LogP contribution in [-0.2, 0) is 17.8 Å². The summed E-state index contributed by atoms with van der Waals surface area (Å²) in [6.07, 6.45) is 7.89. The number of carboxylic acid groups (broad SMARTS) is 1. The van der Waals surface area contributed by atoms with E-state index in [9.17, 15) is 19.2 Å². The van der Waals surface area contributed by atoms with Crippen LogP contribution in [0.3, 0.4) is 0 Å². The Bertz CT molecular complexity index is 2540. The molecule has 0 bridgehead atoms. The molecular formula is C39H32N10O6. The molecule has 0 unspecified atom stereocenters. The Morgan fingerprint density at radius 1 is 0.673 bits per heavy atom. The van der Waals surface area contributed by atoms with Crippen molar-refractivity contribution in [2.45, 2.75) is 50.9 Å². The van der Waals surface area contributed by atoms with Gasteiger partial charge in [0.1, 0.15) is 35.7 Å². The number of carboxylic acids is 1. The molecule has 6 aromatic rings. The average molecular weight is 737 g/mol. The number of anilines is 2. The first kappa shape index (κ1) is 33.7. The maximum absolute atomic E-state index is 12.9. The molecule has 0 saturated heterocycles. The normalized spacial score (nSPS) is 15.7. The van der Waals surface area contributed by atoms with Gasteiger partial charge in [-0.1, -0.05) is 24.3 Å². The van der Waals surface area contributed by atoms with Crippen molar-refractivity contribution in [2.24, 2.45) is 0 Å². The van der Waals surface area contributed by atoms with Crippen LogP contribution < -0.4 is 9.80 Å². The van der Waals surface area contributed by atoms with Crippen LogP contribution in [0.25, 0.3) is 23.0 Å². The van der Waals surface area contributed by atoms with Gasteiger partial charge >= 0.3 is 11.9 Å². The van der Waals surface area contributed by atoms with E-state index in [1.807, 2.05) is 33.4 Å². The molecule has 16 heteroatoms. The zero-order valence-corrected chi connectivity index (χ0v) is 29.4. The van der Waals surface area contributed by atoms with Gasteiger partial charge in [-0.3, -0.25) is 19.4 Å². The molecular weight excluding hydrogens is 704 g/mol. The second-order valence-electron chi connectivity index (χ2n) is 13.7. The number of rotatable bonds is 8. The molecule has 274 valence electrons. The molecule has 4 aliphatic rings. The highest BCUT2D eigenvalue weighted by Crippen LogP contribution is 2.39. The van der Waals surface area contributed by atoms with Crippen LogP contribution in [0.4, 0.5) is 11.6 Å². The fraction of sp³-hybridized carbons (Fsp3) is 0.231. The van der Waals surface area contributed by atoms with Crippen LogP contribution in [0, 0.1) is 0 Å². The molecule has 0 spiro atoms. The highest BCUT2D eigenvalue weighted by Gasteiger charge is 2.33. The van der Waals surface area contributed by atoms with Crippen molar-refractivity contribution < 1.29 is 29.0 Å². The molecule has 2 fully saturated rings. The van der Waals surface area contributed by atoms with Crippen LogP contribution in [0.1, 0.15) is 90.3 Å². The van der Waals surface area contributed by atoms with Crippen molar-refractivity contribution in [1.29, 1.82) is 0 Å². The molecule has 0 radical (unpaired) electrons. The van der Waals surface area contributed by atoms with Gasteiger partial charge in [-0.15, -0.1) is 20.4 Å². The van der Waals surface area contributed by atoms with Crippen LogP contribution in [0.15, 0.2) is 85.5 Å². The average Bonchev–Trinajstić information content (AvgIpc) is 4.07. The van der Waals surface area contributed by atoms with Crippen molar-refractivity contribution >= 4 is 35.4 Å². The topological polar surface area (TPSA) is 191 Å². The number of aromatic nitrogens is 8. The summed E-state index contributed by atoms with van der Waals surface area (Å²) in [6.45, 7) is 0.765. The number of ether oxygens (including phenoxy) is 1. The Kier molecular flexibility index (Phi) is 8.21. The maximum atomic E-state index is 12.9. The Labute approximate surface area is 313 Å². The van der Waals surface area contributed by atoms with Crippen molar-refractivity contribution in [3.63, 3.8) is 0 Å². The lowest BCUT2D eigenvalue weighted by atomic mass is 10.1. The predicted molar refractivity (Wildman–Crippen MR) is 195 cm³/mol. The number of hydrogen-bond acceptors (Lipinski definition) is 11. The van der Waals surface area contributed by atoms with E-state index in [2.05, 4.69) is 30.4 Å². The van der Waals surface area contributed by atoms with Crippen molar-refractivity contribution in [3.05, 3.63) is 119 Å². The fourth-order valence-electron chi connectivity index (χ4n) is 6.84. The first-order valence-corrected chi connectivity index (χ1v) is 17.7. The monoisotopic (exact) mass is 736 g/mol. The van der Waals surface area contributed by atoms with Gasteiger partial charge in [-0.25, -0.2) is 19.6 Å². The van der Waals surface area contributed by atoms with E-state index in [0.29, 0.717) is 76.5 Å².